The predicted octanol–water partition coefficient (Wildman–Crippen LogP) is -1.38. The second-order valence-corrected chi connectivity index (χ2v) is 9.83. The molecule has 0 bridgehead atoms. The van der Waals surface area contributed by atoms with Crippen molar-refractivity contribution in [2.45, 2.75) is 63.6 Å². The third-order valence-electron chi connectivity index (χ3n) is 5.40. The van der Waals surface area contributed by atoms with Crippen LogP contribution in [0, 0.1) is 17.8 Å². The van der Waals surface area contributed by atoms with Crippen molar-refractivity contribution in [1.82, 2.24) is 0 Å². The van der Waals surface area contributed by atoms with E-state index in [9.17, 15) is 36.9 Å². The van der Waals surface area contributed by atoms with E-state index in [4.69, 9.17) is 18.9 Å². The summed E-state index contributed by atoms with van der Waals surface area (Å²) in [7, 11) is -9.18. The van der Waals surface area contributed by atoms with E-state index in [-0.39, 0.29) is 25.4 Å². The Bertz CT molecular complexity index is 813. The van der Waals surface area contributed by atoms with Crippen LogP contribution in [0.25, 0.3) is 0 Å². The van der Waals surface area contributed by atoms with E-state index in [1.165, 1.54) is 0 Å². The first-order valence-electron chi connectivity index (χ1n) is 9.73. The van der Waals surface area contributed by atoms with Crippen molar-refractivity contribution in [2.75, 3.05) is 13.2 Å². The topological polar surface area (TPSA) is 234 Å². The van der Waals surface area contributed by atoms with Crippen LogP contribution in [0.15, 0.2) is 0 Å². The highest BCUT2D eigenvalue weighted by atomic mass is 32.3. The van der Waals surface area contributed by atoms with Crippen molar-refractivity contribution in [1.29, 1.82) is 0 Å². The van der Waals surface area contributed by atoms with E-state index >= 15 is 0 Å². The summed E-state index contributed by atoms with van der Waals surface area (Å²) >= 11 is 0. The maximum absolute atomic E-state index is 10.9. The van der Waals surface area contributed by atoms with E-state index in [1.54, 1.807) is 13.8 Å². The second kappa shape index (κ2) is 12.0. The molecule has 1 saturated heterocycles. The zero-order valence-corrected chi connectivity index (χ0v) is 19.1. The Balaban J connectivity index is 0.000000323. The van der Waals surface area contributed by atoms with Crippen LogP contribution in [0.3, 0.4) is 0 Å². The lowest BCUT2D eigenvalue weighted by molar-refractivity contribution is -0.168. The lowest BCUT2D eigenvalue weighted by Crippen LogP contribution is -2.51. The zero-order valence-electron chi connectivity index (χ0n) is 17.4. The SMILES string of the molecule is CC1COC(COS(=O)(=O)O)C(O)C1O.CCC1C(C(=O)O)CCC(OS(=O)(=O)O)C1O. The minimum absolute atomic E-state index is 0.0778. The van der Waals surface area contributed by atoms with Gasteiger partial charge in [-0.3, -0.25) is 13.9 Å². The molecular weight excluding hydrogens is 480 g/mol. The van der Waals surface area contributed by atoms with Gasteiger partial charge in [-0.25, -0.2) is 8.37 Å². The summed E-state index contributed by atoms with van der Waals surface area (Å²) in [6.45, 7) is 3.06. The van der Waals surface area contributed by atoms with E-state index in [1.807, 2.05) is 0 Å². The van der Waals surface area contributed by atoms with Gasteiger partial charge in [-0.05, 0) is 19.3 Å². The van der Waals surface area contributed by atoms with Crippen LogP contribution in [-0.2, 0) is 38.7 Å². The molecule has 1 saturated carbocycles. The fraction of sp³-hybridized carbons (Fsp3) is 0.938. The smallest absolute Gasteiger partial charge is 0.397 e. The summed E-state index contributed by atoms with van der Waals surface area (Å²) in [5.74, 6) is -2.53. The zero-order chi connectivity index (χ0) is 24.9. The molecule has 0 aromatic rings. The van der Waals surface area contributed by atoms with Crippen LogP contribution in [0.5, 0.6) is 0 Å². The van der Waals surface area contributed by atoms with Crippen LogP contribution in [0.4, 0.5) is 0 Å². The van der Waals surface area contributed by atoms with E-state index in [2.05, 4.69) is 8.37 Å². The Kier molecular flexibility index (Phi) is 10.9. The number of carboxylic acids is 1. The van der Waals surface area contributed by atoms with Crippen molar-refractivity contribution < 1.29 is 64.3 Å². The Morgan fingerprint density at radius 3 is 2.06 bits per heavy atom. The quantitative estimate of drug-likeness (QED) is 0.217. The van der Waals surface area contributed by atoms with E-state index in [0.717, 1.165) is 0 Å². The van der Waals surface area contributed by atoms with Gasteiger partial charge in [0.2, 0.25) is 0 Å². The summed E-state index contributed by atoms with van der Waals surface area (Å²) < 4.78 is 71.9. The summed E-state index contributed by atoms with van der Waals surface area (Å²) in [5.41, 5.74) is 0. The lowest BCUT2D eigenvalue weighted by Gasteiger charge is -2.37. The molecule has 16 heteroatoms. The monoisotopic (exact) mass is 510 g/mol. The van der Waals surface area contributed by atoms with Gasteiger partial charge < -0.3 is 25.2 Å². The molecule has 0 aromatic heterocycles. The second-order valence-electron chi connectivity index (χ2n) is 7.69. The maximum Gasteiger partial charge on any atom is 0.397 e. The van der Waals surface area contributed by atoms with Crippen LogP contribution in [-0.4, -0.2) is 96.1 Å². The van der Waals surface area contributed by atoms with Gasteiger partial charge in [0.1, 0.15) is 18.3 Å². The number of ether oxygens (including phenoxy) is 1. The number of carboxylic acid groups (broad SMARTS) is 1. The molecule has 1 aliphatic carbocycles. The number of rotatable bonds is 7. The summed E-state index contributed by atoms with van der Waals surface area (Å²) in [6.07, 6.45) is -4.78. The highest BCUT2D eigenvalue weighted by Gasteiger charge is 2.43. The fourth-order valence-corrected chi connectivity index (χ4v) is 4.49. The highest BCUT2D eigenvalue weighted by molar-refractivity contribution is 7.81. The van der Waals surface area contributed by atoms with Crippen molar-refractivity contribution in [3.63, 3.8) is 0 Å². The van der Waals surface area contributed by atoms with Crippen LogP contribution in [0.1, 0.15) is 33.1 Å². The number of hydrogen-bond acceptors (Lipinski definition) is 11. The molecule has 32 heavy (non-hydrogen) atoms. The predicted molar refractivity (Wildman–Crippen MR) is 105 cm³/mol. The molecule has 0 aromatic carbocycles. The van der Waals surface area contributed by atoms with E-state index in [0.29, 0.717) is 6.42 Å². The van der Waals surface area contributed by atoms with Gasteiger partial charge in [0, 0.05) is 11.8 Å². The molecule has 0 amide bonds. The van der Waals surface area contributed by atoms with Crippen molar-refractivity contribution in [3.05, 3.63) is 0 Å². The lowest BCUT2D eigenvalue weighted by atomic mass is 9.74. The summed E-state index contributed by atoms with van der Waals surface area (Å²) in [6, 6.07) is 0. The molecule has 6 N–H and O–H groups in total. The normalized spacial score (nSPS) is 36.1. The molecular formula is C16H30O14S2. The molecule has 2 rings (SSSR count). The number of hydrogen-bond donors (Lipinski definition) is 6. The molecule has 2 aliphatic rings. The third kappa shape index (κ3) is 9.12. The van der Waals surface area contributed by atoms with E-state index < -0.39 is 75.7 Å². The fourth-order valence-electron chi connectivity index (χ4n) is 3.67. The van der Waals surface area contributed by atoms with Gasteiger partial charge in [0.05, 0.1) is 31.3 Å². The number of carbonyl (C=O) groups is 1. The molecule has 1 aliphatic heterocycles. The van der Waals surface area contributed by atoms with Gasteiger partial charge in [-0.1, -0.05) is 13.8 Å². The van der Waals surface area contributed by atoms with Crippen molar-refractivity contribution >= 4 is 26.8 Å². The molecule has 14 nitrogen and oxygen atoms in total. The Labute approximate surface area is 186 Å². The highest BCUT2D eigenvalue weighted by Crippen LogP contribution is 2.35. The molecule has 8 unspecified atom stereocenters. The first-order valence-corrected chi connectivity index (χ1v) is 12.5. The largest absolute Gasteiger partial charge is 0.481 e. The van der Waals surface area contributed by atoms with Gasteiger partial charge in [0.25, 0.3) is 0 Å². The van der Waals surface area contributed by atoms with Gasteiger partial charge in [-0.15, -0.1) is 0 Å². The van der Waals surface area contributed by atoms with Crippen molar-refractivity contribution in [2.24, 2.45) is 17.8 Å². The Hall–Kier alpha value is -0.950. The molecule has 190 valence electrons. The minimum atomic E-state index is -4.63. The Morgan fingerprint density at radius 2 is 1.59 bits per heavy atom. The van der Waals surface area contributed by atoms with Crippen LogP contribution < -0.4 is 0 Å². The van der Waals surface area contributed by atoms with Gasteiger partial charge in [0.15, 0.2) is 0 Å². The molecule has 1 heterocycles. The van der Waals surface area contributed by atoms with Crippen LogP contribution in [0.2, 0.25) is 0 Å². The maximum atomic E-state index is 10.9. The molecule has 2 fully saturated rings. The summed E-state index contributed by atoms with van der Waals surface area (Å²) in [5, 5.41) is 37.7. The average molecular weight is 511 g/mol. The minimum Gasteiger partial charge on any atom is -0.481 e. The molecule has 0 spiro atoms. The van der Waals surface area contributed by atoms with Gasteiger partial charge in [-0.2, -0.15) is 16.8 Å². The van der Waals surface area contributed by atoms with Crippen molar-refractivity contribution in [3.8, 4) is 0 Å². The molecule has 8 atom stereocenters. The van der Waals surface area contributed by atoms with Gasteiger partial charge >= 0.3 is 26.8 Å². The average Bonchev–Trinajstić information content (AvgIpc) is 2.65. The number of aliphatic hydroxyl groups is 3. The number of aliphatic carboxylic acids is 1. The van der Waals surface area contributed by atoms with Crippen LogP contribution >= 0.6 is 0 Å². The first kappa shape index (κ1) is 29.1. The molecule has 0 radical (unpaired) electrons. The first-order chi connectivity index (χ1) is 14.6. The Morgan fingerprint density at radius 1 is 1.00 bits per heavy atom. The standard InChI is InChI=1S/C9H16O7S.C7H14O7S/c1-2-5-6(9(11)12)3-4-7(8(5)10)16-17(13,14)15;1-4-2-13-5(7(9)6(4)8)3-14-15(10,11)12/h5-8,10H,2-4H2,1H3,(H,11,12)(H,13,14,15);4-9H,2-3H2,1H3,(H,10,11,12). The third-order valence-corrected chi connectivity index (χ3v) is 6.33. The summed E-state index contributed by atoms with van der Waals surface area (Å²) in [4.78, 5) is 10.9. The number of aliphatic hydroxyl groups excluding tert-OH is 3.